The summed E-state index contributed by atoms with van der Waals surface area (Å²) in [5.74, 6) is -5.57. The SMILES string of the molecule is NC(=O)CC[C@H](NC(=O)[C@@H](N)CC(=O)O)C(=O)N[C@@H](CO)C(=O)O. The molecule has 0 aliphatic rings. The predicted octanol–water partition coefficient (Wildman–Crippen LogP) is -3.90. The molecule has 0 aliphatic heterocycles. The quantitative estimate of drug-likeness (QED) is 0.193. The Morgan fingerprint density at radius 2 is 1.50 bits per heavy atom. The fourth-order valence-electron chi connectivity index (χ4n) is 1.57. The minimum Gasteiger partial charge on any atom is -0.481 e. The number of carboxylic acids is 2. The van der Waals surface area contributed by atoms with Crippen molar-refractivity contribution in [2.24, 2.45) is 11.5 Å². The molecule has 136 valence electrons. The number of hydrogen-bond donors (Lipinski definition) is 7. The van der Waals surface area contributed by atoms with Crippen molar-refractivity contribution >= 4 is 29.7 Å². The highest BCUT2D eigenvalue weighted by atomic mass is 16.4. The van der Waals surface area contributed by atoms with Gasteiger partial charge in [0.2, 0.25) is 17.7 Å². The summed E-state index contributed by atoms with van der Waals surface area (Å²) in [7, 11) is 0. The number of carbonyl (C=O) groups excluding carboxylic acids is 3. The zero-order chi connectivity index (χ0) is 18.9. The lowest BCUT2D eigenvalue weighted by molar-refractivity contribution is -0.143. The third-order valence-electron chi connectivity index (χ3n) is 2.84. The average Bonchev–Trinajstić information content (AvgIpc) is 2.46. The highest BCUT2D eigenvalue weighted by molar-refractivity contribution is 5.93. The first-order valence-corrected chi connectivity index (χ1v) is 6.78. The van der Waals surface area contributed by atoms with Gasteiger partial charge in [0.25, 0.3) is 0 Å². The zero-order valence-electron chi connectivity index (χ0n) is 12.6. The summed E-state index contributed by atoms with van der Waals surface area (Å²) in [6, 6.07) is -4.43. The first-order valence-electron chi connectivity index (χ1n) is 6.78. The number of aliphatic hydroxyl groups is 1. The highest BCUT2D eigenvalue weighted by Crippen LogP contribution is 2.01. The van der Waals surface area contributed by atoms with E-state index in [-0.39, 0.29) is 12.8 Å². The van der Waals surface area contributed by atoms with Crippen molar-refractivity contribution in [2.75, 3.05) is 6.61 Å². The lowest BCUT2D eigenvalue weighted by atomic mass is 10.1. The van der Waals surface area contributed by atoms with Crippen molar-refractivity contribution in [3.8, 4) is 0 Å². The summed E-state index contributed by atoms with van der Waals surface area (Å²) in [6.07, 6.45) is -1.25. The number of primary amides is 1. The summed E-state index contributed by atoms with van der Waals surface area (Å²) in [4.78, 5) is 55.9. The zero-order valence-corrected chi connectivity index (χ0v) is 12.6. The molecule has 0 radical (unpaired) electrons. The van der Waals surface area contributed by atoms with E-state index in [4.69, 9.17) is 26.8 Å². The third kappa shape index (κ3) is 8.05. The Balaban J connectivity index is 4.98. The molecule has 0 aromatic carbocycles. The summed E-state index contributed by atoms with van der Waals surface area (Å²) >= 11 is 0. The van der Waals surface area contributed by atoms with Crippen LogP contribution in [0.15, 0.2) is 0 Å². The number of rotatable bonds is 11. The molecule has 0 aliphatic carbocycles. The first kappa shape index (κ1) is 21.3. The van der Waals surface area contributed by atoms with Gasteiger partial charge in [0.05, 0.1) is 19.1 Å². The minimum absolute atomic E-state index is 0.259. The third-order valence-corrected chi connectivity index (χ3v) is 2.84. The van der Waals surface area contributed by atoms with Gasteiger partial charge in [-0.3, -0.25) is 19.2 Å². The second kappa shape index (κ2) is 10.1. The molecule has 0 aromatic rings. The number of nitrogens with one attached hydrogen (secondary N) is 2. The van der Waals surface area contributed by atoms with Crippen molar-refractivity contribution in [3.05, 3.63) is 0 Å². The van der Waals surface area contributed by atoms with Gasteiger partial charge >= 0.3 is 11.9 Å². The summed E-state index contributed by atoms with van der Waals surface area (Å²) in [6.45, 7) is -0.893. The van der Waals surface area contributed by atoms with E-state index in [2.05, 4.69) is 5.32 Å². The van der Waals surface area contributed by atoms with E-state index in [9.17, 15) is 24.0 Å². The van der Waals surface area contributed by atoms with E-state index < -0.39 is 60.8 Å². The lowest BCUT2D eigenvalue weighted by Gasteiger charge is -2.21. The molecule has 0 bridgehead atoms. The fraction of sp³-hybridized carbons (Fsp3) is 0.583. The number of aliphatic hydroxyl groups excluding tert-OH is 1. The van der Waals surface area contributed by atoms with Crippen LogP contribution in [0, 0.1) is 0 Å². The summed E-state index contributed by atoms with van der Waals surface area (Å²) in [5.41, 5.74) is 10.3. The van der Waals surface area contributed by atoms with Crippen LogP contribution >= 0.6 is 0 Å². The van der Waals surface area contributed by atoms with Crippen LogP contribution in [0.3, 0.4) is 0 Å². The molecule has 0 rings (SSSR count). The summed E-state index contributed by atoms with van der Waals surface area (Å²) in [5, 5.41) is 30.3. The molecule has 3 atom stereocenters. The van der Waals surface area contributed by atoms with Crippen LogP contribution in [0.4, 0.5) is 0 Å². The Morgan fingerprint density at radius 1 is 0.958 bits per heavy atom. The van der Waals surface area contributed by atoms with Crippen LogP contribution in [0.5, 0.6) is 0 Å². The molecular weight excluding hydrogens is 328 g/mol. The molecule has 9 N–H and O–H groups in total. The molecular formula is C12H20N4O8. The number of hydrogen-bond acceptors (Lipinski definition) is 7. The number of carbonyl (C=O) groups is 5. The number of nitrogens with two attached hydrogens (primary N) is 2. The largest absolute Gasteiger partial charge is 0.481 e. The van der Waals surface area contributed by atoms with Gasteiger partial charge in [-0.15, -0.1) is 0 Å². The number of amides is 3. The van der Waals surface area contributed by atoms with Crippen molar-refractivity contribution in [2.45, 2.75) is 37.4 Å². The Kier molecular flexibility index (Phi) is 8.97. The smallest absolute Gasteiger partial charge is 0.328 e. The van der Waals surface area contributed by atoms with Crippen LogP contribution in [0.1, 0.15) is 19.3 Å². The Morgan fingerprint density at radius 3 is 1.92 bits per heavy atom. The standard InChI is InChI=1S/C12H20N4O8/c13-5(3-9(19)20)10(21)15-6(1-2-8(14)18)11(22)16-7(4-17)12(23)24/h5-7,17H,1-4,13H2,(H2,14,18)(H,15,21)(H,16,22)(H,19,20)(H,23,24)/t5-,6-,7-/m0/s1. The molecule has 12 nitrogen and oxygen atoms in total. The monoisotopic (exact) mass is 348 g/mol. The van der Waals surface area contributed by atoms with Gasteiger partial charge in [-0.1, -0.05) is 0 Å². The van der Waals surface area contributed by atoms with Gasteiger partial charge in [0, 0.05) is 6.42 Å². The molecule has 0 heterocycles. The summed E-state index contributed by atoms with van der Waals surface area (Å²) < 4.78 is 0. The van der Waals surface area contributed by atoms with Crippen LogP contribution in [-0.4, -0.2) is 69.7 Å². The molecule has 0 aromatic heterocycles. The average molecular weight is 348 g/mol. The molecule has 0 saturated carbocycles. The van der Waals surface area contributed by atoms with Crippen molar-refractivity contribution < 1.29 is 39.3 Å². The van der Waals surface area contributed by atoms with Crippen LogP contribution in [0.25, 0.3) is 0 Å². The maximum absolute atomic E-state index is 12.0. The van der Waals surface area contributed by atoms with Crippen molar-refractivity contribution in [1.82, 2.24) is 10.6 Å². The van der Waals surface area contributed by atoms with E-state index in [1.54, 1.807) is 0 Å². The van der Waals surface area contributed by atoms with Gasteiger partial charge in [-0.2, -0.15) is 0 Å². The second-order valence-corrected chi connectivity index (χ2v) is 4.85. The Labute approximate surface area is 136 Å². The van der Waals surface area contributed by atoms with Crippen molar-refractivity contribution in [1.29, 1.82) is 0 Å². The van der Waals surface area contributed by atoms with Gasteiger partial charge in [0.1, 0.15) is 12.1 Å². The highest BCUT2D eigenvalue weighted by Gasteiger charge is 2.28. The first-order chi connectivity index (χ1) is 11.1. The maximum Gasteiger partial charge on any atom is 0.328 e. The predicted molar refractivity (Wildman–Crippen MR) is 77.2 cm³/mol. The minimum atomic E-state index is -1.61. The van der Waals surface area contributed by atoms with E-state index in [1.807, 2.05) is 5.32 Å². The van der Waals surface area contributed by atoms with E-state index in [0.29, 0.717) is 0 Å². The number of aliphatic carboxylic acids is 2. The maximum atomic E-state index is 12.0. The molecule has 0 unspecified atom stereocenters. The normalized spacial score (nSPS) is 14.1. The fourth-order valence-corrected chi connectivity index (χ4v) is 1.57. The molecule has 0 spiro atoms. The molecule has 3 amide bonds. The molecule has 0 fully saturated rings. The van der Waals surface area contributed by atoms with E-state index in [0.717, 1.165) is 0 Å². The van der Waals surface area contributed by atoms with E-state index in [1.165, 1.54) is 0 Å². The topological polar surface area (TPSA) is 222 Å². The van der Waals surface area contributed by atoms with Gasteiger partial charge < -0.3 is 37.4 Å². The van der Waals surface area contributed by atoms with Crippen LogP contribution < -0.4 is 22.1 Å². The van der Waals surface area contributed by atoms with Crippen molar-refractivity contribution in [3.63, 3.8) is 0 Å². The van der Waals surface area contributed by atoms with E-state index >= 15 is 0 Å². The molecule has 24 heavy (non-hydrogen) atoms. The Hall–Kier alpha value is -2.73. The Bertz CT molecular complexity index is 509. The lowest BCUT2D eigenvalue weighted by Crippen LogP contribution is -2.55. The van der Waals surface area contributed by atoms with Crippen LogP contribution in [-0.2, 0) is 24.0 Å². The molecule has 12 heteroatoms. The van der Waals surface area contributed by atoms with Gasteiger partial charge in [-0.25, -0.2) is 4.79 Å². The molecule has 0 saturated heterocycles. The number of carboxylic acid groups (broad SMARTS) is 2. The van der Waals surface area contributed by atoms with Gasteiger partial charge in [-0.05, 0) is 6.42 Å². The second-order valence-electron chi connectivity index (χ2n) is 4.85. The van der Waals surface area contributed by atoms with Crippen LogP contribution in [0.2, 0.25) is 0 Å². The van der Waals surface area contributed by atoms with Gasteiger partial charge in [0.15, 0.2) is 0 Å².